The Morgan fingerprint density at radius 2 is 2.27 bits per heavy atom. The highest BCUT2D eigenvalue weighted by Crippen LogP contribution is 2.19. The molecule has 1 unspecified atom stereocenters. The fourth-order valence-electron chi connectivity index (χ4n) is 1.14. The number of aliphatic carboxylic acids is 1. The number of hydrogen-bond donors (Lipinski definition) is 2. The van der Waals surface area contributed by atoms with Crippen LogP contribution >= 0.6 is 11.8 Å². The molecule has 7 heteroatoms. The minimum absolute atomic E-state index is 0.0576. The Hall–Kier alpha value is -1.08. The minimum atomic E-state index is -0.899. The van der Waals surface area contributed by atoms with Gasteiger partial charge in [-0.05, 0) is 13.8 Å². The normalized spacial score (nSPS) is 12.7. The summed E-state index contributed by atoms with van der Waals surface area (Å²) in [5.74, 6) is -0.493. The summed E-state index contributed by atoms with van der Waals surface area (Å²) in [6.07, 6.45) is -0.698. The number of aliphatic hydroxyl groups is 1. The van der Waals surface area contributed by atoms with Gasteiger partial charge in [0.05, 0.1) is 5.75 Å². The second kappa shape index (κ2) is 5.13. The van der Waals surface area contributed by atoms with Gasteiger partial charge in [0.2, 0.25) is 0 Å². The number of aromatic nitrogens is 3. The molecule has 0 fully saturated rings. The first-order valence-electron chi connectivity index (χ1n) is 4.52. The van der Waals surface area contributed by atoms with E-state index in [1.54, 1.807) is 11.5 Å². The van der Waals surface area contributed by atoms with Gasteiger partial charge in [0.1, 0.15) is 6.10 Å². The lowest BCUT2D eigenvalue weighted by Crippen LogP contribution is -2.07. The molecule has 1 heterocycles. The van der Waals surface area contributed by atoms with Gasteiger partial charge < -0.3 is 14.8 Å². The molecule has 6 nitrogen and oxygen atoms in total. The Morgan fingerprint density at radius 3 is 2.73 bits per heavy atom. The summed E-state index contributed by atoms with van der Waals surface area (Å²) < 4.78 is 1.71. The van der Waals surface area contributed by atoms with Gasteiger partial charge in [-0.1, -0.05) is 11.8 Å². The number of thioether (sulfide) groups is 1. The van der Waals surface area contributed by atoms with E-state index in [9.17, 15) is 9.90 Å². The topological polar surface area (TPSA) is 88.2 Å². The van der Waals surface area contributed by atoms with Crippen molar-refractivity contribution < 1.29 is 15.0 Å². The highest BCUT2D eigenvalue weighted by atomic mass is 32.2. The lowest BCUT2D eigenvalue weighted by molar-refractivity contribution is -0.133. The van der Waals surface area contributed by atoms with Crippen molar-refractivity contribution in [3.63, 3.8) is 0 Å². The summed E-state index contributed by atoms with van der Waals surface area (Å²) in [5, 5.41) is 26.1. The number of nitrogens with zero attached hydrogens (tertiary/aromatic N) is 3. The zero-order valence-electron chi connectivity index (χ0n) is 8.54. The molecule has 0 aliphatic carbocycles. The van der Waals surface area contributed by atoms with Gasteiger partial charge in [-0.2, -0.15) is 0 Å². The molecular formula is C8H13N3O3S. The van der Waals surface area contributed by atoms with Gasteiger partial charge in [-0.25, -0.2) is 0 Å². The fraction of sp³-hybridized carbons (Fsp3) is 0.625. The predicted molar refractivity (Wildman–Crippen MR) is 54.7 cm³/mol. The average molecular weight is 231 g/mol. The molecule has 0 amide bonds. The molecule has 1 atom stereocenters. The van der Waals surface area contributed by atoms with Crippen LogP contribution in [0.1, 0.15) is 25.8 Å². The van der Waals surface area contributed by atoms with Crippen molar-refractivity contribution in [2.75, 3.05) is 5.75 Å². The van der Waals surface area contributed by atoms with E-state index in [0.717, 1.165) is 11.8 Å². The fourth-order valence-corrected chi connectivity index (χ4v) is 1.87. The third-order valence-corrected chi connectivity index (χ3v) is 2.71. The van der Waals surface area contributed by atoms with Crippen molar-refractivity contribution in [2.24, 2.45) is 0 Å². The third kappa shape index (κ3) is 2.93. The van der Waals surface area contributed by atoms with Crippen LogP contribution in [0.15, 0.2) is 5.16 Å². The van der Waals surface area contributed by atoms with Crippen LogP contribution in [0.2, 0.25) is 0 Å². The Balaban J connectivity index is 2.84. The van der Waals surface area contributed by atoms with Crippen LogP contribution in [0, 0.1) is 0 Å². The van der Waals surface area contributed by atoms with Crippen LogP contribution in [0.25, 0.3) is 0 Å². The van der Waals surface area contributed by atoms with E-state index in [4.69, 9.17) is 5.11 Å². The average Bonchev–Trinajstić information content (AvgIpc) is 2.57. The maximum absolute atomic E-state index is 10.4. The molecule has 0 saturated carbocycles. The number of carboxylic acid groups (broad SMARTS) is 1. The third-order valence-electron chi connectivity index (χ3n) is 1.76. The van der Waals surface area contributed by atoms with Crippen molar-refractivity contribution >= 4 is 17.7 Å². The standard InChI is InChI=1S/C8H13N3O3S/c1-3-11-7(5(2)12)9-10-8(11)15-4-6(13)14/h5,12H,3-4H2,1-2H3,(H,13,14). The molecule has 1 aromatic heterocycles. The number of rotatable bonds is 5. The minimum Gasteiger partial charge on any atom is -0.481 e. The predicted octanol–water partition coefficient (Wildman–Crippen LogP) is 0.528. The van der Waals surface area contributed by atoms with Crippen molar-refractivity contribution in [1.82, 2.24) is 14.8 Å². The van der Waals surface area contributed by atoms with E-state index in [1.165, 1.54) is 0 Å². The van der Waals surface area contributed by atoms with Crippen molar-refractivity contribution in [1.29, 1.82) is 0 Å². The summed E-state index contributed by atoms with van der Waals surface area (Å²) >= 11 is 1.10. The molecule has 0 radical (unpaired) electrons. The molecule has 0 aromatic carbocycles. The highest BCUT2D eigenvalue weighted by molar-refractivity contribution is 7.99. The van der Waals surface area contributed by atoms with Crippen LogP contribution in [-0.4, -0.2) is 36.7 Å². The second-order valence-corrected chi connectivity index (χ2v) is 3.89. The summed E-state index contributed by atoms with van der Waals surface area (Å²) in [5.41, 5.74) is 0. The number of aliphatic hydroxyl groups excluding tert-OH is 1. The second-order valence-electron chi connectivity index (χ2n) is 2.94. The van der Waals surface area contributed by atoms with E-state index < -0.39 is 12.1 Å². The Bertz CT molecular complexity index is 351. The number of carboxylic acids is 1. The molecule has 15 heavy (non-hydrogen) atoms. The Kier molecular flexibility index (Phi) is 4.10. The molecule has 0 aliphatic rings. The Labute approximate surface area is 91.3 Å². The Morgan fingerprint density at radius 1 is 1.60 bits per heavy atom. The van der Waals surface area contributed by atoms with Crippen LogP contribution in [0.3, 0.4) is 0 Å². The first-order chi connectivity index (χ1) is 7.06. The summed E-state index contributed by atoms with van der Waals surface area (Å²) in [6, 6.07) is 0. The summed E-state index contributed by atoms with van der Waals surface area (Å²) in [7, 11) is 0. The van der Waals surface area contributed by atoms with Gasteiger partial charge >= 0.3 is 5.97 Å². The van der Waals surface area contributed by atoms with Gasteiger partial charge in [-0.3, -0.25) is 4.79 Å². The van der Waals surface area contributed by atoms with Gasteiger partial charge in [-0.15, -0.1) is 10.2 Å². The number of hydrogen-bond acceptors (Lipinski definition) is 5. The van der Waals surface area contributed by atoms with Gasteiger partial charge in [0.15, 0.2) is 11.0 Å². The smallest absolute Gasteiger partial charge is 0.313 e. The maximum atomic E-state index is 10.4. The SMILES string of the molecule is CCn1c(SCC(=O)O)nnc1C(C)O. The first kappa shape index (κ1) is 12.0. The maximum Gasteiger partial charge on any atom is 0.313 e. The quantitative estimate of drug-likeness (QED) is 0.718. The molecule has 0 spiro atoms. The lowest BCUT2D eigenvalue weighted by atomic mass is 10.4. The summed E-state index contributed by atoms with van der Waals surface area (Å²) in [4.78, 5) is 10.4. The molecule has 1 rings (SSSR count). The highest BCUT2D eigenvalue weighted by Gasteiger charge is 2.15. The molecule has 0 saturated heterocycles. The van der Waals surface area contributed by atoms with Crippen molar-refractivity contribution in [3.8, 4) is 0 Å². The van der Waals surface area contributed by atoms with Gasteiger partial charge in [0.25, 0.3) is 0 Å². The van der Waals surface area contributed by atoms with E-state index in [2.05, 4.69) is 10.2 Å². The van der Waals surface area contributed by atoms with Crippen molar-refractivity contribution in [2.45, 2.75) is 31.7 Å². The van der Waals surface area contributed by atoms with E-state index in [1.807, 2.05) is 6.92 Å². The molecule has 84 valence electrons. The molecule has 1 aromatic rings. The molecule has 0 bridgehead atoms. The van der Waals surface area contributed by atoms with E-state index in [0.29, 0.717) is 17.5 Å². The first-order valence-corrected chi connectivity index (χ1v) is 5.50. The molecular weight excluding hydrogens is 218 g/mol. The monoisotopic (exact) mass is 231 g/mol. The van der Waals surface area contributed by atoms with Crippen LogP contribution in [0.5, 0.6) is 0 Å². The van der Waals surface area contributed by atoms with E-state index >= 15 is 0 Å². The van der Waals surface area contributed by atoms with Crippen molar-refractivity contribution in [3.05, 3.63) is 5.82 Å². The largest absolute Gasteiger partial charge is 0.481 e. The number of carbonyl (C=O) groups is 1. The summed E-state index contributed by atoms with van der Waals surface area (Å²) in [6.45, 7) is 4.09. The zero-order valence-corrected chi connectivity index (χ0v) is 9.36. The molecule has 0 aliphatic heterocycles. The zero-order chi connectivity index (χ0) is 11.4. The van der Waals surface area contributed by atoms with E-state index in [-0.39, 0.29) is 5.75 Å². The molecule has 2 N–H and O–H groups in total. The van der Waals surface area contributed by atoms with Crippen LogP contribution in [0.4, 0.5) is 0 Å². The van der Waals surface area contributed by atoms with Crippen LogP contribution in [-0.2, 0) is 11.3 Å². The lowest BCUT2D eigenvalue weighted by Gasteiger charge is -2.07. The van der Waals surface area contributed by atoms with Gasteiger partial charge in [0, 0.05) is 6.54 Å². The van der Waals surface area contributed by atoms with Crippen LogP contribution < -0.4 is 0 Å².